The van der Waals surface area contributed by atoms with E-state index in [0.29, 0.717) is 0 Å². The zero-order chi connectivity index (χ0) is 79.6. The molecule has 6 heteroatoms. The Balaban J connectivity index is 0.000000137. The summed E-state index contributed by atoms with van der Waals surface area (Å²) < 4.78 is 4.89. The number of hydrogen-bond donors (Lipinski definition) is 0. The van der Waals surface area contributed by atoms with Crippen LogP contribution >= 0.6 is 0 Å². The molecule has 0 N–H and O–H groups in total. The summed E-state index contributed by atoms with van der Waals surface area (Å²) >= 11 is 0. The van der Waals surface area contributed by atoms with Gasteiger partial charge in [0.15, 0.2) is 0 Å². The van der Waals surface area contributed by atoms with E-state index in [4.69, 9.17) is 9.97 Å². The van der Waals surface area contributed by atoms with Crippen LogP contribution in [0.4, 0.5) is 34.1 Å². The highest BCUT2D eigenvalue weighted by atomic mass is 15.1. The number of anilines is 6. The lowest BCUT2D eigenvalue weighted by atomic mass is 9.82. The standard InChI is InChI=1S/C60H41N3.C54H37N3/c1-60(2)52-20-9-8-18-48(52)49-32-31-45(37-53(49)60)62(42-14-4-3-5-15-42)43-27-22-38(23-28-43)39-24-29-44(30-25-39)63-55-33-26-40-13-12-19-50-46-16-6-7-17-47(46)51-35-41(54-21-10-11-34-61-54)36-56(63)58(51)59(55)57(40)50;1-54(2)46-18-7-6-14-41(46)42-30-29-40(33-47(42)54)56(37-12-4-3-5-13-37)38-25-20-34(21-26-38)35-22-27-39(28-23-35)57-48-19-9-16-45-51(48)52-49(57)31-24-36-11-8-15-43(50(36)52)44-17-10-32-55-53(44)45/h3-37H,1-2H3;3-33H,1-2H3. The molecule has 0 spiro atoms. The fourth-order valence-electron chi connectivity index (χ4n) is 20.7. The zero-order valence-electron chi connectivity index (χ0n) is 66.8. The second-order valence-electron chi connectivity index (χ2n) is 33.5. The summed E-state index contributed by atoms with van der Waals surface area (Å²) in [7, 11) is 0. The van der Waals surface area contributed by atoms with Gasteiger partial charge in [-0.1, -0.05) is 270 Å². The highest BCUT2D eigenvalue weighted by molar-refractivity contribution is 6.32. The number of hydrogen-bond acceptors (Lipinski definition) is 4. The van der Waals surface area contributed by atoms with Gasteiger partial charge in [0.2, 0.25) is 0 Å². The number of rotatable bonds is 11. The third kappa shape index (κ3) is 10.5. The first kappa shape index (κ1) is 69.1. The van der Waals surface area contributed by atoms with Gasteiger partial charge in [-0.05, 0) is 262 Å². The normalized spacial score (nSPS) is 13.1. The lowest BCUT2D eigenvalue weighted by molar-refractivity contribution is 0.660. The van der Waals surface area contributed by atoms with E-state index in [-0.39, 0.29) is 10.8 Å². The summed E-state index contributed by atoms with van der Waals surface area (Å²) in [6.07, 6.45) is 3.80. The van der Waals surface area contributed by atoms with Gasteiger partial charge in [-0.2, -0.15) is 0 Å². The Hall–Kier alpha value is -15.2. The van der Waals surface area contributed by atoms with Crippen LogP contribution in [0.25, 0.3) is 177 Å². The van der Waals surface area contributed by atoms with Crippen LogP contribution < -0.4 is 9.80 Å². The second kappa shape index (κ2) is 26.7. The monoisotopic (exact) mass is 1530 g/mol. The van der Waals surface area contributed by atoms with E-state index >= 15 is 0 Å². The molecule has 0 amide bonds. The molecule has 6 nitrogen and oxygen atoms in total. The van der Waals surface area contributed by atoms with Crippen molar-refractivity contribution in [2.45, 2.75) is 38.5 Å². The van der Waals surface area contributed by atoms with Crippen LogP contribution in [0.1, 0.15) is 49.9 Å². The molecule has 0 aliphatic heterocycles. The lowest BCUT2D eigenvalue weighted by Gasteiger charge is -2.28. The summed E-state index contributed by atoms with van der Waals surface area (Å²) in [4.78, 5) is 14.5. The van der Waals surface area contributed by atoms with Gasteiger partial charge in [0.1, 0.15) is 0 Å². The van der Waals surface area contributed by atoms with Crippen molar-refractivity contribution in [1.29, 1.82) is 0 Å². The third-order valence-electron chi connectivity index (χ3n) is 26.3. The number of fused-ring (bicyclic) bond motifs is 12. The number of pyridine rings is 2. The first-order valence-electron chi connectivity index (χ1n) is 41.7. The number of nitrogens with zero attached hydrogens (tertiary/aromatic N) is 6. The molecular formula is C114H78N6. The van der Waals surface area contributed by atoms with Gasteiger partial charge in [-0.25, -0.2) is 0 Å². The van der Waals surface area contributed by atoms with Crippen LogP contribution in [0.3, 0.4) is 0 Å². The van der Waals surface area contributed by atoms with Crippen molar-refractivity contribution in [3.05, 3.63) is 423 Å². The molecule has 21 aromatic rings. The Morgan fingerprint density at radius 3 is 1.13 bits per heavy atom. The van der Waals surface area contributed by atoms with Gasteiger partial charge in [0.25, 0.3) is 0 Å². The molecule has 17 aromatic carbocycles. The summed E-state index contributed by atoms with van der Waals surface area (Å²) in [6, 6.07) is 143. The number of aromatic nitrogens is 4. The summed E-state index contributed by atoms with van der Waals surface area (Å²) in [5.74, 6) is 0. The first-order valence-corrected chi connectivity index (χ1v) is 41.7. The topological polar surface area (TPSA) is 42.1 Å². The van der Waals surface area contributed by atoms with Crippen LogP contribution in [0.5, 0.6) is 0 Å². The van der Waals surface area contributed by atoms with E-state index in [1.54, 1.807) is 0 Å². The molecule has 0 saturated heterocycles. The zero-order valence-corrected chi connectivity index (χ0v) is 66.8. The number of benzene rings is 17. The Morgan fingerprint density at radius 2 is 0.608 bits per heavy atom. The molecule has 0 atom stereocenters. The maximum atomic E-state index is 4.95. The molecule has 25 rings (SSSR count). The molecule has 0 bridgehead atoms. The smallest absolute Gasteiger partial charge is 0.0787 e. The van der Waals surface area contributed by atoms with Crippen molar-refractivity contribution in [1.82, 2.24) is 19.1 Å². The largest absolute Gasteiger partial charge is 0.310 e. The minimum atomic E-state index is -0.0825. The maximum Gasteiger partial charge on any atom is 0.0787 e. The predicted molar refractivity (Wildman–Crippen MR) is 502 cm³/mol. The van der Waals surface area contributed by atoms with Gasteiger partial charge in [-0.3, -0.25) is 9.97 Å². The van der Waals surface area contributed by atoms with Crippen LogP contribution in [-0.2, 0) is 10.8 Å². The SMILES string of the molecule is CC1(C)c2ccccc2-c2ccc(N(c3ccccc3)c3ccc(-c4ccc(-n5c6cc(-c7ccccn7)cc7c6c6c8c(cccc8ccc65)-c5ccccc5-7)cc4)cc3)cc21.CC1(C)c2ccccc2-c2ccc(N(c3ccccc3)c3ccc(-c4ccc(-n5c6cccc7c6c6c8c(cccc8ccc65)-c5cccnc5-7)cc4)cc3)cc21. The quantitative estimate of drug-likeness (QED) is 0.129. The molecular weight excluding hydrogens is 1450 g/mol. The minimum Gasteiger partial charge on any atom is -0.310 e. The summed E-state index contributed by atoms with van der Waals surface area (Å²) in [5, 5.41) is 10.3. The van der Waals surface area contributed by atoms with Crippen molar-refractivity contribution in [3.63, 3.8) is 0 Å². The molecule has 4 aliphatic rings. The van der Waals surface area contributed by atoms with Crippen molar-refractivity contribution >= 4 is 99.3 Å². The highest BCUT2D eigenvalue weighted by Crippen LogP contribution is 2.56. The van der Waals surface area contributed by atoms with Crippen molar-refractivity contribution in [3.8, 4) is 112 Å². The molecule has 4 heterocycles. The van der Waals surface area contributed by atoms with E-state index in [0.717, 1.165) is 62.5 Å². The molecule has 0 saturated carbocycles. The third-order valence-corrected chi connectivity index (χ3v) is 26.3. The molecule has 4 aliphatic carbocycles. The van der Waals surface area contributed by atoms with Crippen molar-refractivity contribution in [2.24, 2.45) is 0 Å². The molecule has 0 fully saturated rings. The van der Waals surface area contributed by atoms with Crippen LogP contribution in [0.2, 0.25) is 0 Å². The van der Waals surface area contributed by atoms with Crippen molar-refractivity contribution < 1.29 is 0 Å². The fraction of sp³-hybridized carbons (Fsp3) is 0.0526. The molecule has 120 heavy (non-hydrogen) atoms. The maximum absolute atomic E-state index is 4.95. The number of para-hydroxylation sites is 2. The minimum absolute atomic E-state index is 0.0727. The molecule has 0 unspecified atom stereocenters. The van der Waals surface area contributed by atoms with Gasteiger partial charge in [0, 0.05) is 107 Å². The van der Waals surface area contributed by atoms with Crippen LogP contribution in [-0.4, -0.2) is 19.1 Å². The molecule has 4 aromatic heterocycles. The average Bonchev–Trinajstić information content (AvgIpc) is 1.53. The molecule has 564 valence electrons. The lowest BCUT2D eigenvalue weighted by Crippen LogP contribution is -2.16. The Morgan fingerprint density at radius 1 is 0.217 bits per heavy atom. The summed E-state index contributed by atoms with van der Waals surface area (Å²) in [6.45, 7) is 9.39. The predicted octanol–water partition coefficient (Wildman–Crippen LogP) is 30.5. The van der Waals surface area contributed by atoms with Crippen LogP contribution in [0.15, 0.2) is 401 Å². The molecule has 0 radical (unpaired) electrons. The van der Waals surface area contributed by atoms with E-state index in [1.807, 2.05) is 18.5 Å². The van der Waals surface area contributed by atoms with Gasteiger partial charge < -0.3 is 18.9 Å². The van der Waals surface area contributed by atoms with E-state index < -0.39 is 0 Å². The highest BCUT2D eigenvalue weighted by Gasteiger charge is 2.38. The Kier molecular flexibility index (Phi) is 15.3. The van der Waals surface area contributed by atoms with E-state index in [1.165, 1.54) is 171 Å². The van der Waals surface area contributed by atoms with Gasteiger partial charge in [0.05, 0.1) is 33.5 Å². The van der Waals surface area contributed by atoms with Gasteiger partial charge in [-0.15, -0.1) is 0 Å². The average molecular weight is 1530 g/mol. The van der Waals surface area contributed by atoms with Gasteiger partial charge >= 0.3 is 0 Å². The summed E-state index contributed by atoms with van der Waals surface area (Å²) in [5.41, 5.74) is 41.0. The van der Waals surface area contributed by atoms with E-state index in [9.17, 15) is 0 Å². The van der Waals surface area contributed by atoms with Crippen LogP contribution in [0, 0.1) is 0 Å². The Labute approximate surface area is 696 Å². The van der Waals surface area contributed by atoms with E-state index in [2.05, 4.69) is 429 Å². The fourth-order valence-corrected chi connectivity index (χ4v) is 20.7. The first-order chi connectivity index (χ1) is 59.1. The second-order valence-corrected chi connectivity index (χ2v) is 33.5. The van der Waals surface area contributed by atoms with Crippen molar-refractivity contribution in [2.75, 3.05) is 9.80 Å². The Bertz CT molecular complexity index is 7790.